The molecule has 2 unspecified atom stereocenters. The second-order valence-corrected chi connectivity index (χ2v) is 10.7. The zero-order chi connectivity index (χ0) is 21.1. The average Bonchev–Trinajstić information content (AvgIpc) is 2.73. The van der Waals surface area contributed by atoms with Crippen LogP contribution >= 0.6 is 0 Å². The van der Waals surface area contributed by atoms with E-state index in [-0.39, 0.29) is 6.10 Å². The van der Waals surface area contributed by atoms with E-state index in [1.165, 1.54) is 89.9 Å². The van der Waals surface area contributed by atoms with E-state index in [1.54, 1.807) is 5.57 Å². The van der Waals surface area contributed by atoms with Crippen LogP contribution in [-0.2, 0) is 0 Å². The standard InChI is InChI=1S/C28H52O/c1-5-8-14-22(4)28-20-24(12-6-2)19-25(27(28)13-7-3)21-26(29)18-17-23-15-10-9-11-16-23/h14,23-29H,5-13,15-21H2,1-4H3/b22-14+/t24-,25?,26-,27+,28?/m0/s1. The lowest BCUT2D eigenvalue weighted by atomic mass is 9.62. The molecule has 2 aliphatic rings. The summed E-state index contributed by atoms with van der Waals surface area (Å²) in [4.78, 5) is 0. The van der Waals surface area contributed by atoms with Crippen LogP contribution in [-0.4, -0.2) is 11.2 Å². The Morgan fingerprint density at radius 1 is 0.897 bits per heavy atom. The highest BCUT2D eigenvalue weighted by Crippen LogP contribution is 2.47. The Kier molecular flexibility index (Phi) is 12.0. The highest BCUT2D eigenvalue weighted by Gasteiger charge is 2.38. The summed E-state index contributed by atoms with van der Waals surface area (Å²) in [6.07, 6.45) is 23.5. The van der Waals surface area contributed by atoms with Gasteiger partial charge in [-0.25, -0.2) is 0 Å². The van der Waals surface area contributed by atoms with E-state index >= 15 is 0 Å². The summed E-state index contributed by atoms with van der Waals surface area (Å²) >= 11 is 0. The van der Waals surface area contributed by atoms with E-state index in [0.29, 0.717) is 0 Å². The molecule has 0 radical (unpaired) electrons. The molecule has 2 saturated carbocycles. The Labute approximate surface area is 183 Å². The molecule has 0 aliphatic heterocycles. The number of aliphatic hydroxyl groups is 1. The van der Waals surface area contributed by atoms with Crippen LogP contribution in [0.3, 0.4) is 0 Å². The zero-order valence-corrected chi connectivity index (χ0v) is 20.3. The fraction of sp³-hybridized carbons (Fsp3) is 0.929. The molecule has 29 heavy (non-hydrogen) atoms. The maximum atomic E-state index is 11.0. The maximum Gasteiger partial charge on any atom is 0.0543 e. The third-order valence-electron chi connectivity index (χ3n) is 8.21. The van der Waals surface area contributed by atoms with Crippen molar-refractivity contribution in [2.24, 2.45) is 29.6 Å². The second-order valence-electron chi connectivity index (χ2n) is 10.7. The first-order valence-electron chi connectivity index (χ1n) is 13.4. The number of hydrogen-bond acceptors (Lipinski definition) is 1. The van der Waals surface area contributed by atoms with E-state index in [2.05, 4.69) is 33.8 Å². The first kappa shape index (κ1) is 25.0. The van der Waals surface area contributed by atoms with Gasteiger partial charge in [-0.3, -0.25) is 0 Å². The van der Waals surface area contributed by atoms with Crippen molar-refractivity contribution in [2.45, 2.75) is 137 Å². The molecule has 0 bridgehead atoms. The van der Waals surface area contributed by atoms with Gasteiger partial charge < -0.3 is 5.11 Å². The largest absolute Gasteiger partial charge is 0.393 e. The Hall–Kier alpha value is -0.300. The summed E-state index contributed by atoms with van der Waals surface area (Å²) < 4.78 is 0. The van der Waals surface area contributed by atoms with E-state index in [4.69, 9.17) is 0 Å². The Morgan fingerprint density at radius 3 is 2.28 bits per heavy atom. The van der Waals surface area contributed by atoms with E-state index in [1.807, 2.05) is 0 Å². The minimum atomic E-state index is -0.0674. The van der Waals surface area contributed by atoms with Crippen molar-refractivity contribution in [3.05, 3.63) is 11.6 Å². The van der Waals surface area contributed by atoms with Gasteiger partial charge in [0.15, 0.2) is 0 Å². The van der Waals surface area contributed by atoms with Gasteiger partial charge in [0.05, 0.1) is 6.10 Å². The SMILES string of the molecule is CCC/C=C(\C)C1C[C@@H](CCC)CC(C[C@@H](O)CCC2CCCCC2)[C@H]1CCC. The summed E-state index contributed by atoms with van der Waals surface area (Å²) in [5, 5.41) is 11.0. The van der Waals surface area contributed by atoms with Crippen molar-refractivity contribution in [1.29, 1.82) is 0 Å². The number of rotatable bonds is 12. The zero-order valence-electron chi connectivity index (χ0n) is 20.3. The van der Waals surface area contributed by atoms with Gasteiger partial charge in [0, 0.05) is 0 Å². The van der Waals surface area contributed by atoms with Crippen molar-refractivity contribution in [3.63, 3.8) is 0 Å². The fourth-order valence-corrected chi connectivity index (χ4v) is 6.66. The van der Waals surface area contributed by atoms with Crippen LogP contribution in [0.5, 0.6) is 0 Å². The Balaban J connectivity index is 2.01. The third kappa shape index (κ3) is 8.39. The predicted molar refractivity (Wildman–Crippen MR) is 128 cm³/mol. The van der Waals surface area contributed by atoms with Crippen LogP contribution < -0.4 is 0 Å². The van der Waals surface area contributed by atoms with Crippen molar-refractivity contribution in [3.8, 4) is 0 Å². The molecule has 1 nitrogen and oxygen atoms in total. The summed E-state index contributed by atoms with van der Waals surface area (Å²) in [5.41, 5.74) is 1.66. The summed E-state index contributed by atoms with van der Waals surface area (Å²) in [7, 11) is 0. The number of aliphatic hydroxyl groups excluding tert-OH is 1. The van der Waals surface area contributed by atoms with Gasteiger partial charge in [0.2, 0.25) is 0 Å². The summed E-state index contributed by atoms with van der Waals surface area (Å²) in [6, 6.07) is 0. The van der Waals surface area contributed by atoms with E-state index in [9.17, 15) is 5.11 Å². The number of hydrogen-bond donors (Lipinski definition) is 1. The lowest BCUT2D eigenvalue weighted by molar-refractivity contribution is 0.0504. The minimum absolute atomic E-state index is 0.0674. The first-order chi connectivity index (χ1) is 14.1. The highest BCUT2D eigenvalue weighted by molar-refractivity contribution is 5.08. The molecule has 1 heteroatoms. The summed E-state index contributed by atoms with van der Waals surface area (Å²) in [5.74, 6) is 4.07. The van der Waals surface area contributed by atoms with Gasteiger partial charge in [0.25, 0.3) is 0 Å². The fourth-order valence-electron chi connectivity index (χ4n) is 6.66. The van der Waals surface area contributed by atoms with Gasteiger partial charge in [-0.15, -0.1) is 0 Å². The molecule has 2 aliphatic carbocycles. The smallest absolute Gasteiger partial charge is 0.0543 e. The molecule has 1 N–H and O–H groups in total. The molecule has 2 rings (SSSR count). The molecule has 0 aromatic heterocycles. The molecule has 2 fully saturated rings. The number of allylic oxidation sites excluding steroid dienone is 2. The molecule has 0 aromatic carbocycles. The first-order valence-corrected chi connectivity index (χ1v) is 13.4. The van der Waals surface area contributed by atoms with Gasteiger partial charge in [-0.05, 0) is 81.5 Å². The minimum Gasteiger partial charge on any atom is -0.393 e. The molecule has 0 aromatic rings. The molecule has 5 atom stereocenters. The lowest BCUT2D eigenvalue weighted by Crippen LogP contribution is -2.35. The quantitative estimate of drug-likeness (QED) is 0.322. The molecular weight excluding hydrogens is 352 g/mol. The van der Waals surface area contributed by atoms with Gasteiger partial charge in [-0.2, -0.15) is 0 Å². The van der Waals surface area contributed by atoms with Crippen molar-refractivity contribution in [2.75, 3.05) is 0 Å². The van der Waals surface area contributed by atoms with Crippen molar-refractivity contribution < 1.29 is 5.11 Å². The molecule has 170 valence electrons. The van der Waals surface area contributed by atoms with Crippen molar-refractivity contribution >= 4 is 0 Å². The molecule has 0 heterocycles. The monoisotopic (exact) mass is 404 g/mol. The Morgan fingerprint density at radius 2 is 1.62 bits per heavy atom. The molecule has 0 saturated heterocycles. The topological polar surface area (TPSA) is 20.2 Å². The van der Waals surface area contributed by atoms with Crippen LogP contribution in [0, 0.1) is 29.6 Å². The van der Waals surface area contributed by atoms with Crippen molar-refractivity contribution in [1.82, 2.24) is 0 Å². The third-order valence-corrected chi connectivity index (χ3v) is 8.21. The van der Waals surface area contributed by atoms with Crippen LogP contribution in [0.1, 0.15) is 130 Å². The molecule has 0 amide bonds. The predicted octanol–water partition coefficient (Wildman–Crippen LogP) is 8.70. The second kappa shape index (κ2) is 13.9. The van der Waals surface area contributed by atoms with Crippen LogP contribution in [0.4, 0.5) is 0 Å². The van der Waals surface area contributed by atoms with E-state index in [0.717, 1.165) is 42.4 Å². The van der Waals surface area contributed by atoms with Crippen LogP contribution in [0.15, 0.2) is 11.6 Å². The van der Waals surface area contributed by atoms with Crippen LogP contribution in [0.25, 0.3) is 0 Å². The Bertz CT molecular complexity index is 447. The van der Waals surface area contributed by atoms with Crippen LogP contribution in [0.2, 0.25) is 0 Å². The lowest BCUT2D eigenvalue weighted by Gasteiger charge is -2.44. The van der Waals surface area contributed by atoms with Gasteiger partial charge >= 0.3 is 0 Å². The normalized spacial score (nSPS) is 30.4. The number of unbranched alkanes of at least 4 members (excludes halogenated alkanes) is 1. The molecule has 0 spiro atoms. The molecular formula is C28H52O. The highest BCUT2D eigenvalue weighted by atomic mass is 16.3. The van der Waals surface area contributed by atoms with E-state index < -0.39 is 0 Å². The van der Waals surface area contributed by atoms with Gasteiger partial charge in [0.1, 0.15) is 0 Å². The maximum absolute atomic E-state index is 11.0. The average molecular weight is 405 g/mol. The van der Waals surface area contributed by atoms with Gasteiger partial charge in [-0.1, -0.05) is 90.2 Å². The summed E-state index contributed by atoms with van der Waals surface area (Å²) in [6.45, 7) is 9.41.